The predicted octanol–water partition coefficient (Wildman–Crippen LogP) is 9.78. The zero-order chi connectivity index (χ0) is 34.7. The molecular weight excluding hydrogens is 617 g/mol. The van der Waals surface area contributed by atoms with Gasteiger partial charge in [-0.25, -0.2) is 15.0 Å². The average Bonchev–Trinajstić information content (AvgIpc) is 3.31. The predicted molar refractivity (Wildman–Crippen MR) is 207 cm³/mol. The molecule has 1 aliphatic rings. The number of phenolic OH excluding ortho intramolecular Hbond substituents is 1. The summed E-state index contributed by atoms with van der Waals surface area (Å²) in [7, 11) is -2.21. The van der Waals surface area contributed by atoms with Gasteiger partial charge in [-0.1, -0.05) is 121 Å². The number of para-hydroxylation sites is 1. The molecule has 3 heterocycles. The smallest absolute Gasteiger partial charge is 0.164 e. The second-order valence-corrected chi connectivity index (χ2v) is 19.9. The first-order valence-corrected chi connectivity index (χ1v) is 20.0. The zero-order valence-electron chi connectivity index (χ0n) is 29.7. The van der Waals surface area contributed by atoms with Gasteiger partial charge in [0.1, 0.15) is 19.6 Å². The lowest BCUT2D eigenvalue weighted by Gasteiger charge is -2.28. The Balaban J connectivity index is 1.51. The van der Waals surface area contributed by atoms with Crippen molar-refractivity contribution in [3.8, 4) is 39.7 Å². The summed E-state index contributed by atoms with van der Waals surface area (Å²) in [5.41, 5.74) is 8.36. The number of hydrogen-bond acceptors (Lipinski definition) is 5. The zero-order valence-corrected chi connectivity index (χ0v) is 30.7. The number of aromatic nitrogens is 3. The third-order valence-corrected chi connectivity index (χ3v) is 13.2. The van der Waals surface area contributed by atoms with E-state index in [1.54, 1.807) is 0 Å². The molecular formula is C43H44N4OSi. The summed E-state index contributed by atoms with van der Waals surface area (Å²) in [6, 6.07) is 37.8. The van der Waals surface area contributed by atoms with Crippen molar-refractivity contribution in [2.45, 2.75) is 65.5 Å². The Bertz CT molecular complexity index is 2140. The van der Waals surface area contributed by atoms with Crippen LogP contribution in [0.15, 0.2) is 115 Å². The minimum Gasteiger partial charge on any atom is -0.507 e. The Labute approximate surface area is 291 Å². The molecule has 0 unspecified atom stereocenters. The normalized spacial score (nSPS) is 13.6. The standard InChI is InChI=1S/C43H44N4OSi/c1-42(2,3)29-26-33(39(48)34(27-29)43(4,5)6)41-45-37(40-38(46-41)32-21-12-13-22-35(32)49(40,7)8)28-17-16-20-31(25-28)47(30-18-10-9-11-19-30)36-23-14-15-24-44-36/h9-27,48H,1-8H3. The summed E-state index contributed by atoms with van der Waals surface area (Å²) in [6.07, 6.45) is 1.83. The largest absolute Gasteiger partial charge is 0.507 e. The molecule has 0 radical (unpaired) electrons. The number of nitrogens with zero attached hydrogens (tertiary/aromatic N) is 4. The van der Waals surface area contributed by atoms with Gasteiger partial charge in [-0.3, -0.25) is 4.90 Å². The molecule has 49 heavy (non-hydrogen) atoms. The van der Waals surface area contributed by atoms with Gasteiger partial charge in [0.05, 0.1) is 17.0 Å². The SMILES string of the molecule is CC(C)(C)c1cc(-c2nc(-c3cccc(N(c4ccccc4)c4ccccn4)c3)c3c(n2)-c2ccccc2[Si]3(C)C)c(O)c(C(C)(C)C)c1. The molecule has 6 heteroatoms. The first-order chi connectivity index (χ1) is 23.2. The molecule has 0 saturated heterocycles. The van der Waals surface area contributed by atoms with Crippen LogP contribution in [0, 0.1) is 0 Å². The highest BCUT2D eigenvalue weighted by Crippen LogP contribution is 2.43. The summed E-state index contributed by atoms with van der Waals surface area (Å²) >= 11 is 0. The lowest BCUT2D eigenvalue weighted by atomic mass is 9.79. The number of benzene rings is 4. The number of rotatable bonds is 5. The van der Waals surface area contributed by atoms with Crippen LogP contribution in [0.4, 0.5) is 17.2 Å². The minimum absolute atomic E-state index is 0.135. The van der Waals surface area contributed by atoms with E-state index < -0.39 is 8.07 Å². The lowest BCUT2D eigenvalue weighted by Crippen LogP contribution is -2.50. The van der Waals surface area contributed by atoms with E-state index in [-0.39, 0.29) is 16.6 Å². The summed E-state index contributed by atoms with van der Waals surface area (Å²) in [5, 5.41) is 14.5. The number of fused-ring (bicyclic) bond motifs is 3. The maximum Gasteiger partial charge on any atom is 0.164 e. The second-order valence-electron chi connectivity index (χ2n) is 15.6. The quantitative estimate of drug-likeness (QED) is 0.187. The van der Waals surface area contributed by atoms with Crippen molar-refractivity contribution in [1.82, 2.24) is 15.0 Å². The van der Waals surface area contributed by atoms with Crippen molar-refractivity contribution in [1.29, 1.82) is 0 Å². The summed E-state index contributed by atoms with van der Waals surface area (Å²) in [5.74, 6) is 1.62. The summed E-state index contributed by atoms with van der Waals surface area (Å²) < 4.78 is 0. The first-order valence-electron chi connectivity index (χ1n) is 17.0. The van der Waals surface area contributed by atoms with Crippen LogP contribution in [-0.4, -0.2) is 28.1 Å². The lowest BCUT2D eigenvalue weighted by molar-refractivity contribution is 0.446. The van der Waals surface area contributed by atoms with Gasteiger partial charge < -0.3 is 5.11 Å². The van der Waals surface area contributed by atoms with Gasteiger partial charge >= 0.3 is 0 Å². The fourth-order valence-electron chi connectivity index (χ4n) is 7.02. The van der Waals surface area contributed by atoms with Crippen molar-refractivity contribution in [3.05, 3.63) is 127 Å². The molecule has 0 spiro atoms. The average molecular weight is 661 g/mol. The first kappa shape index (κ1) is 32.5. The maximum absolute atomic E-state index is 12.0. The van der Waals surface area contributed by atoms with Gasteiger partial charge in [-0.05, 0) is 74.8 Å². The van der Waals surface area contributed by atoms with E-state index in [0.717, 1.165) is 50.8 Å². The Hall–Kier alpha value is -5.07. The highest BCUT2D eigenvalue weighted by Gasteiger charge is 2.42. The molecule has 1 aliphatic heterocycles. The fraction of sp³-hybridized carbons (Fsp3) is 0.233. The molecule has 0 saturated carbocycles. The highest BCUT2D eigenvalue weighted by atomic mass is 28.3. The fourth-order valence-corrected chi connectivity index (χ4v) is 10.3. The Morgan fingerprint density at radius 2 is 1.31 bits per heavy atom. The van der Waals surface area contributed by atoms with E-state index in [1.807, 2.05) is 42.6 Å². The third-order valence-electron chi connectivity index (χ3n) is 9.68. The molecule has 0 aliphatic carbocycles. The van der Waals surface area contributed by atoms with Crippen molar-refractivity contribution in [2.24, 2.45) is 0 Å². The van der Waals surface area contributed by atoms with Crippen molar-refractivity contribution < 1.29 is 5.11 Å². The highest BCUT2D eigenvalue weighted by molar-refractivity contribution is 7.04. The van der Waals surface area contributed by atoms with E-state index in [1.165, 1.54) is 10.4 Å². The number of hydrogen-bond donors (Lipinski definition) is 1. The van der Waals surface area contributed by atoms with Crippen LogP contribution < -0.4 is 15.3 Å². The van der Waals surface area contributed by atoms with Crippen LogP contribution in [0.2, 0.25) is 13.1 Å². The van der Waals surface area contributed by atoms with Crippen molar-refractivity contribution in [2.75, 3.05) is 4.90 Å². The Morgan fingerprint density at radius 1 is 0.633 bits per heavy atom. The molecule has 6 aromatic rings. The molecule has 246 valence electrons. The van der Waals surface area contributed by atoms with Crippen LogP contribution in [0.5, 0.6) is 5.75 Å². The van der Waals surface area contributed by atoms with Gasteiger partial charge in [0, 0.05) is 28.7 Å². The van der Waals surface area contributed by atoms with Crippen molar-refractivity contribution in [3.63, 3.8) is 0 Å². The van der Waals surface area contributed by atoms with E-state index in [0.29, 0.717) is 11.4 Å². The van der Waals surface area contributed by atoms with Crippen molar-refractivity contribution >= 4 is 35.6 Å². The monoisotopic (exact) mass is 660 g/mol. The number of phenols is 1. The van der Waals surface area contributed by atoms with Gasteiger partial charge in [-0.2, -0.15) is 0 Å². The second kappa shape index (κ2) is 11.8. The van der Waals surface area contributed by atoms with Crippen LogP contribution in [0.25, 0.3) is 33.9 Å². The van der Waals surface area contributed by atoms with Crippen LogP contribution in [-0.2, 0) is 10.8 Å². The van der Waals surface area contributed by atoms with E-state index in [4.69, 9.17) is 15.0 Å². The van der Waals surface area contributed by atoms with Gasteiger partial charge in [-0.15, -0.1) is 0 Å². The van der Waals surface area contributed by atoms with E-state index >= 15 is 0 Å². The topological polar surface area (TPSA) is 62.1 Å². The summed E-state index contributed by atoms with van der Waals surface area (Å²) in [4.78, 5) is 17.7. The molecule has 2 aromatic heterocycles. The summed E-state index contributed by atoms with van der Waals surface area (Å²) in [6.45, 7) is 17.8. The molecule has 4 aromatic carbocycles. The van der Waals surface area contributed by atoms with Crippen LogP contribution in [0.3, 0.4) is 0 Å². The Kier molecular flexibility index (Phi) is 7.83. The molecule has 0 amide bonds. The molecule has 7 rings (SSSR count). The van der Waals surface area contributed by atoms with Gasteiger partial charge in [0.15, 0.2) is 5.82 Å². The Morgan fingerprint density at radius 3 is 2.00 bits per heavy atom. The molecule has 0 bridgehead atoms. The molecule has 5 nitrogen and oxygen atoms in total. The number of pyridine rings is 1. The third kappa shape index (κ3) is 5.74. The maximum atomic E-state index is 12.0. The van der Waals surface area contributed by atoms with Crippen LogP contribution in [0.1, 0.15) is 52.7 Å². The molecule has 1 N–H and O–H groups in total. The number of aromatic hydroxyl groups is 1. The minimum atomic E-state index is -2.21. The molecule has 0 fully saturated rings. The van der Waals surface area contributed by atoms with Gasteiger partial charge in [0.25, 0.3) is 0 Å². The van der Waals surface area contributed by atoms with Gasteiger partial charge in [0.2, 0.25) is 0 Å². The van der Waals surface area contributed by atoms with E-state index in [9.17, 15) is 5.11 Å². The van der Waals surface area contributed by atoms with Crippen LogP contribution >= 0.6 is 0 Å². The molecule has 0 atom stereocenters. The number of anilines is 3. The van der Waals surface area contributed by atoms with E-state index in [2.05, 4.69) is 132 Å².